The number of Topliss-reactive ketones (excluding diaryl/α,β-unsaturated/α-hetero) is 1. The van der Waals surface area contributed by atoms with Crippen molar-refractivity contribution in [3.63, 3.8) is 0 Å². The van der Waals surface area contributed by atoms with Crippen LogP contribution in [0.25, 0.3) is 11.4 Å². The third kappa shape index (κ3) is 4.22. The fourth-order valence-electron chi connectivity index (χ4n) is 2.12. The fraction of sp³-hybridized carbons (Fsp3) is 0.294. The lowest BCUT2D eigenvalue weighted by molar-refractivity contribution is -0.150. The van der Waals surface area contributed by atoms with Gasteiger partial charge < -0.3 is 4.74 Å². The van der Waals surface area contributed by atoms with Gasteiger partial charge >= 0.3 is 5.97 Å². The van der Waals surface area contributed by atoms with Crippen molar-refractivity contribution in [3.8, 4) is 11.4 Å². The Labute approximate surface area is 143 Å². The molecule has 2 aromatic rings. The first kappa shape index (κ1) is 17.3. The summed E-state index contributed by atoms with van der Waals surface area (Å²) in [5, 5.41) is 0. The minimum Gasteiger partial charge on any atom is -0.469 e. The number of methoxy groups -OCH3 is 1. The van der Waals surface area contributed by atoms with E-state index in [1.54, 1.807) is 50.5 Å². The van der Waals surface area contributed by atoms with Gasteiger partial charge in [-0.15, -0.1) is 0 Å². The summed E-state index contributed by atoms with van der Waals surface area (Å²) in [7, 11) is 1.32. The third-order valence-electron chi connectivity index (χ3n) is 3.43. The molecule has 0 N–H and O–H groups in total. The molecule has 0 atom stereocenters. The van der Waals surface area contributed by atoms with Gasteiger partial charge in [0.05, 0.1) is 17.0 Å². The molecule has 1 aromatic heterocycles. The van der Waals surface area contributed by atoms with Crippen molar-refractivity contribution in [3.05, 3.63) is 46.7 Å². The molecule has 6 heteroatoms. The largest absolute Gasteiger partial charge is 0.469 e. The second-order valence-electron chi connectivity index (χ2n) is 5.78. The number of hydrogen-bond acceptors (Lipinski definition) is 5. The minimum atomic E-state index is -0.848. The van der Waals surface area contributed by atoms with Crippen molar-refractivity contribution < 1.29 is 14.3 Å². The van der Waals surface area contributed by atoms with E-state index in [2.05, 4.69) is 25.9 Å². The Morgan fingerprint density at radius 3 is 2.22 bits per heavy atom. The predicted molar refractivity (Wildman–Crippen MR) is 89.9 cm³/mol. The first-order chi connectivity index (χ1) is 10.8. The topological polar surface area (TPSA) is 69.2 Å². The number of halogens is 1. The van der Waals surface area contributed by atoms with Gasteiger partial charge in [0.25, 0.3) is 0 Å². The van der Waals surface area contributed by atoms with E-state index in [0.717, 1.165) is 10.0 Å². The summed E-state index contributed by atoms with van der Waals surface area (Å²) in [6.07, 6.45) is 3.42. The summed E-state index contributed by atoms with van der Waals surface area (Å²) in [5.41, 5.74) is 0.517. The number of benzene rings is 1. The Morgan fingerprint density at radius 2 is 1.70 bits per heavy atom. The maximum Gasteiger partial charge on any atom is 0.311 e. The molecule has 0 radical (unpaired) electrons. The molecule has 0 aliphatic heterocycles. The van der Waals surface area contributed by atoms with Crippen LogP contribution in [0.3, 0.4) is 0 Å². The third-order valence-corrected chi connectivity index (χ3v) is 3.84. The highest BCUT2D eigenvalue weighted by atomic mass is 79.9. The molecule has 0 bridgehead atoms. The van der Waals surface area contributed by atoms with Gasteiger partial charge in [-0.3, -0.25) is 9.59 Å². The van der Waals surface area contributed by atoms with E-state index in [1.165, 1.54) is 7.11 Å². The Kier molecular flexibility index (Phi) is 5.26. The molecule has 23 heavy (non-hydrogen) atoms. The van der Waals surface area contributed by atoms with Crippen LogP contribution in [0, 0.1) is 5.41 Å². The monoisotopic (exact) mass is 376 g/mol. The van der Waals surface area contributed by atoms with E-state index in [1.807, 2.05) is 0 Å². The van der Waals surface area contributed by atoms with Crippen molar-refractivity contribution in [2.45, 2.75) is 20.3 Å². The van der Waals surface area contributed by atoms with Gasteiger partial charge in [-0.2, -0.15) is 0 Å². The molecule has 120 valence electrons. The van der Waals surface area contributed by atoms with Gasteiger partial charge in [0.15, 0.2) is 11.6 Å². The SMILES string of the molecule is COC(=O)C(C)(C)CC(=O)c1ccc(-c2ncc(Br)cn2)cc1. The lowest BCUT2D eigenvalue weighted by atomic mass is 9.85. The number of carbonyl (C=O) groups excluding carboxylic acids is 2. The van der Waals surface area contributed by atoms with E-state index < -0.39 is 11.4 Å². The zero-order chi connectivity index (χ0) is 17.0. The average Bonchev–Trinajstić information content (AvgIpc) is 2.54. The Balaban J connectivity index is 2.14. The summed E-state index contributed by atoms with van der Waals surface area (Å²) in [6.45, 7) is 3.39. The van der Waals surface area contributed by atoms with Crippen LogP contribution < -0.4 is 0 Å². The van der Waals surface area contributed by atoms with Gasteiger partial charge in [0.2, 0.25) is 0 Å². The summed E-state index contributed by atoms with van der Waals surface area (Å²) in [6, 6.07) is 7.02. The molecule has 0 spiro atoms. The van der Waals surface area contributed by atoms with Crippen LogP contribution >= 0.6 is 15.9 Å². The summed E-state index contributed by atoms with van der Waals surface area (Å²) < 4.78 is 5.53. The second kappa shape index (κ2) is 7.00. The van der Waals surface area contributed by atoms with Gasteiger partial charge in [-0.1, -0.05) is 24.3 Å². The van der Waals surface area contributed by atoms with Gasteiger partial charge in [-0.05, 0) is 29.8 Å². The number of carbonyl (C=O) groups is 2. The van der Waals surface area contributed by atoms with Crippen molar-refractivity contribution >= 4 is 27.7 Å². The highest BCUT2D eigenvalue weighted by Crippen LogP contribution is 2.25. The zero-order valence-electron chi connectivity index (χ0n) is 13.2. The lowest BCUT2D eigenvalue weighted by Gasteiger charge is -2.20. The Morgan fingerprint density at radius 1 is 1.13 bits per heavy atom. The van der Waals surface area contributed by atoms with E-state index in [-0.39, 0.29) is 12.2 Å². The molecule has 2 rings (SSSR count). The number of hydrogen-bond donors (Lipinski definition) is 0. The molecule has 0 saturated carbocycles. The van der Waals surface area contributed by atoms with Crippen molar-refractivity contribution in [1.29, 1.82) is 0 Å². The first-order valence-corrected chi connectivity index (χ1v) is 7.82. The molecule has 1 heterocycles. The molecule has 0 unspecified atom stereocenters. The Bertz CT molecular complexity index is 710. The van der Waals surface area contributed by atoms with Crippen LogP contribution in [0.1, 0.15) is 30.6 Å². The standard InChI is InChI=1S/C17H17BrN2O3/c1-17(2,16(22)23-3)8-14(21)11-4-6-12(7-5-11)15-19-9-13(18)10-20-15/h4-7,9-10H,8H2,1-3H3. The number of aromatic nitrogens is 2. The van der Waals surface area contributed by atoms with Crippen molar-refractivity contribution in [2.75, 3.05) is 7.11 Å². The highest BCUT2D eigenvalue weighted by molar-refractivity contribution is 9.10. The number of ketones is 1. The normalized spacial score (nSPS) is 11.1. The maximum atomic E-state index is 12.3. The fourth-order valence-corrected chi connectivity index (χ4v) is 2.32. The van der Waals surface area contributed by atoms with E-state index in [9.17, 15) is 9.59 Å². The number of rotatable bonds is 5. The van der Waals surface area contributed by atoms with Crippen LogP contribution in [0.2, 0.25) is 0 Å². The summed E-state index contributed by atoms with van der Waals surface area (Å²) >= 11 is 3.29. The van der Waals surface area contributed by atoms with Gasteiger partial charge in [0.1, 0.15) is 0 Å². The molecule has 0 amide bonds. The van der Waals surface area contributed by atoms with Gasteiger partial charge in [0, 0.05) is 29.9 Å². The summed E-state index contributed by atoms with van der Waals surface area (Å²) in [4.78, 5) is 32.4. The zero-order valence-corrected chi connectivity index (χ0v) is 14.8. The molecule has 0 aliphatic rings. The van der Waals surface area contributed by atoms with Crippen LogP contribution in [0.5, 0.6) is 0 Å². The maximum absolute atomic E-state index is 12.3. The molecular weight excluding hydrogens is 360 g/mol. The molecule has 0 aliphatic carbocycles. The molecule has 1 aromatic carbocycles. The Hall–Kier alpha value is -2.08. The second-order valence-corrected chi connectivity index (χ2v) is 6.69. The quantitative estimate of drug-likeness (QED) is 0.587. The molecule has 0 fully saturated rings. The first-order valence-electron chi connectivity index (χ1n) is 7.03. The van der Waals surface area contributed by atoms with Crippen molar-refractivity contribution in [1.82, 2.24) is 9.97 Å². The molecule has 5 nitrogen and oxygen atoms in total. The molecule has 0 saturated heterocycles. The smallest absolute Gasteiger partial charge is 0.311 e. The number of ether oxygens (including phenoxy) is 1. The lowest BCUT2D eigenvalue weighted by Crippen LogP contribution is -2.28. The van der Waals surface area contributed by atoms with Crippen LogP contribution in [-0.4, -0.2) is 28.8 Å². The predicted octanol–water partition coefficient (Wildman–Crippen LogP) is 3.68. The molecular formula is C17H17BrN2O3. The van der Waals surface area contributed by atoms with Crippen LogP contribution in [0.4, 0.5) is 0 Å². The van der Waals surface area contributed by atoms with Gasteiger partial charge in [-0.25, -0.2) is 9.97 Å². The van der Waals surface area contributed by atoms with Crippen molar-refractivity contribution in [2.24, 2.45) is 5.41 Å². The van der Waals surface area contributed by atoms with Crippen LogP contribution in [0.15, 0.2) is 41.1 Å². The van der Waals surface area contributed by atoms with E-state index in [4.69, 9.17) is 4.74 Å². The number of esters is 1. The van der Waals surface area contributed by atoms with E-state index >= 15 is 0 Å². The summed E-state index contributed by atoms with van der Waals surface area (Å²) in [5.74, 6) is 0.0801. The average molecular weight is 377 g/mol. The highest BCUT2D eigenvalue weighted by Gasteiger charge is 2.31. The van der Waals surface area contributed by atoms with E-state index in [0.29, 0.717) is 11.4 Å². The number of nitrogens with zero attached hydrogens (tertiary/aromatic N) is 2. The van der Waals surface area contributed by atoms with Crippen LogP contribution in [-0.2, 0) is 9.53 Å². The minimum absolute atomic E-state index is 0.0911.